The first-order chi connectivity index (χ1) is 20.1. The van der Waals surface area contributed by atoms with Crippen LogP contribution in [-0.2, 0) is 5.41 Å². The highest BCUT2D eigenvalue weighted by Crippen LogP contribution is 2.29. The predicted octanol–water partition coefficient (Wildman–Crippen LogP) is 6.92. The number of amides is 2. The Morgan fingerprint density at radius 2 is 1.76 bits per heavy atom. The molecule has 0 bridgehead atoms. The van der Waals surface area contributed by atoms with Crippen LogP contribution in [0.2, 0.25) is 0 Å². The summed E-state index contributed by atoms with van der Waals surface area (Å²) in [5.74, 6) is 1.39. The molecule has 0 aliphatic carbocycles. The van der Waals surface area contributed by atoms with E-state index in [2.05, 4.69) is 20.5 Å². The van der Waals surface area contributed by atoms with Crippen LogP contribution in [0.3, 0.4) is 0 Å². The van der Waals surface area contributed by atoms with Crippen molar-refractivity contribution in [2.75, 3.05) is 36.9 Å². The third-order valence-corrected chi connectivity index (χ3v) is 6.95. The van der Waals surface area contributed by atoms with Crippen molar-refractivity contribution in [2.45, 2.75) is 46.0 Å². The number of pyridine rings is 1. The average Bonchev–Trinajstić information content (AvgIpc) is 3.61. The number of hydrogen-bond acceptors (Lipinski definition) is 6. The second-order valence-electron chi connectivity index (χ2n) is 11.4. The lowest BCUT2D eigenvalue weighted by molar-refractivity contribution is 0.238. The minimum atomic E-state index is -0.629. The van der Waals surface area contributed by atoms with Crippen molar-refractivity contribution >= 4 is 17.5 Å². The Kier molecular flexibility index (Phi) is 8.72. The molecule has 0 radical (unpaired) electrons. The van der Waals surface area contributed by atoms with E-state index in [0.717, 1.165) is 42.5 Å². The molecule has 9 nitrogen and oxygen atoms in total. The third-order valence-electron chi connectivity index (χ3n) is 6.95. The molecule has 220 valence electrons. The van der Waals surface area contributed by atoms with Gasteiger partial charge in [-0.25, -0.2) is 13.9 Å². The topological polar surface area (TPSA) is 93.5 Å². The van der Waals surface area contributed by atoms with E-state index in [-0.39, 0.29) is 11.1 Å². The van der Waals surface area contributed by atoms with Gasteiger partial charge in [0.15, 0.2) is 0 Å². The molecule has 0 unspecified atom stereocenters. The van der Waals surface area contributed by atoms with E-state index in [1.807, 2.05) is 58.0 Å². The van der Waals surface area contributed by atoms with Crippen molar-refractivity contribution < 1.29 is 18.7 Å². The highest BCUT2D eigenvalue weighted by molar-refractivity contribution is 5.99. The highest BCUT2D eigenvalue weighted by Gasteiger charge is 2.22. The molecule has 1 fully saturated rings. The van der Waals surface area contributed by atoms with Gasteiger partial charge in [0.1, 0.15) is 35.5 Å². The Morgan fingerprint density at radius 3 is 2.50 bits per heavy atom. The third kappa shape index (κ3) is 7.44. The molecule has 2 amide bonds. The maximum Gasteiger partial charge on any atom is 0.324 e. The number of ether oxygens (including phenoxy) is 2. The van der Waals surface area contributed by atoms with E-state index in [4.69, 9.17) is 14.6 Å². The number of anilines is 2. The number of carbonyl (C=O) groups excluding carboxylic acids is 1. The molecule has 0 saturated carbocycles. The molecule has 1 aliphatic rings. The summed E-state index contributed by atoms with van der Waals surface area (Å²) >= 11 is 0. The fourth-order valence-corrected chi connectivity index (χ4v) is 4.69. The number of aryl methyl sites for hydroxylation is 1. The Balaban J connectivity index is 1.29. The first kappa shape index (κ1) is 29.1. The van der Waals surface area contributed by atoms with Crippen molar-refractivity contribution in [3.05, 3.63) is 84.1 Å². The van der Waals surface area contributed by atoms with Gasteiger partial charge in [-0.3, -0.25) is 15.2 Å². The minimum absolute atomic E-state index is 0.0151. The van der Waals surface area contributed by atoms with E-state index in [1.165, 1.54) is 25.0 Å². The zero-order valence-electron chi connectivity index (χ0n) is 24.5. The largest absolute Gasteiger partial charge is 0.492 e. The van der Waals surface area contributed by atoms with Crippen LogP contribution in [0.4, 0.5) is 20.7 Å². The molecule has 5 rings (SSSR count). The van der Waals surface area contributed by atoms with Crippen LogP contribution in [0.1, 0.15) is 45.0 Å². The van der Waals surface area contributed by atoms with E-state index in [9.17, 15) is 9.18 Å². The number of nitrogens with one attached hydrogen (secondary N) is 2. The van der Waals surface area contributed by atoms with E-state index in [1.54, 1.807) is 29.1 Å². The second-order valence-corrected chi connectivity index (χ2v) is 11.4. The predicted molar refractivity (Wildman–Crippen MR) is 162 cm³/mol. The molecule has 1 saturated heterocycles. The van der Waals surface area contributed by atoms with Crippen molar-refractivity contribution in [1.82, 2.24) is 19.7 Å². The van der Waals surface area contributed by atoms with Gasteiger partial charge in [0, 0.05) is 48.1 Å². The summed E-state index contributed by atoms with van der Waals surface area (Å²) in [6.07, 6.45) is 4.11. The number of benzene rings is 2. The number of rotatable bonds is 9. The minimum Gasteiger partial charge on any atom is -0.492 e. The molecular weight excluding hydrogens is 535 g/mol. The van der Waals surface area contributed by atoms with Gasteiger partial charge in [-0.15, -0.1) is 0 Å². The standard InChI is InChI=1S/C32H37FN6O3/c1-22-18-26(12-13-34-22)42-25-10-11-28(27(33)20-25)35-31(40)36-30-21-29(32(2,3)4)37-39(30)23-8-7-9-24(19-23)41-17-16-38-14-5-6-15-38/h7-13,18-21H,5-6,14-17H2,1-4H3,(H2,35,36,40). The lowest BCUT2D eigenvalue weighted by atomic mass is 9.92. The number of nitrogens with zero attached hydrogens (tertiary/aromatic N) is 4. The molecule has 0 atom stereocenters. The number of hydrogen-bond donors (Lipinski definition) is 2. The normalized spacial score (nSPS) is 13.6. The first-order valence-electron chi connectivity index (χ1n) is 14.2. The summed E-state index contributed by atoms with van der Waals surface area (Å²) in [6.45, 7) is 11.7. The molecule has 2 N–H and O–H groups in total. The molecule has 1 aliphatic heterocycles. The van der Waals surface area contributed by atoms with E-state index < -0.39 is 11.8 Å². The van der Waals surface area contributed by atoms with Crippen molar-refractivity contribution in [2.24, 2.45) is 0 Å². The van der Waals surface area contributed by atoms with Crippen molar-refractivity contribution in [1.29, 1.82) is 0 Å². The fourth-order valence-electron chi connectivity index (χ4n) is 4.69. The molecular formula is C32H37FN6O3. The zero-order chi connectivity index (χ0) is 29.7. The summed E-state index contributed by atoms with van der Waals surface area (Å²) in [5, 5.41) is 10.2. The summed E-state index contributed by atoms with van der Waals surface area (Å²) in [7, 11) is 0. The smallest absolute Gasteiger partial charge is 0.324 e. The number of urea groups is 1. The number of likely N-dealkylation sites (tertiary alicyclic amines) is 1. The van der Waals surface area contributed by atoms with Gasteiger partial charge in [-0.2, -0.15) is 5.10 Å². The van der Waals surface area contributed by atoms with Gasteiger partial charge in [-0.1, -0.05) is 26.8 Å². The highest BCUT2D eigenvalue weighted by atomic mass is 19.1. The van der Waals surface area contributed by atoms with E-state index >= 15 is 0 Å². The van der Waals surface area contributed by atoms with Gasteiger partial charge >= 0.3 is 6.03 Å². The summed E-state index contributed by atoms with van der Waals surface area (Å²) < 4.78 is 28.3. The van der Waals surface area contributed by atoms with Crippen LogP contribution in [0.15, 0.2) is 66.9 Å². The SMILES string of the molecule is Cc1cc(Oc2ccc(NC(=O)Nc3cc(C(C)(C)C)nn3-c3cccc(OCCN4CCCC4)c3)c(F)c2)ccn1. The molecule has 42 heavy (non-hydrogen) atoms. The number of carbonyl (C=O) groups is 1. The zero-order valence-corrected chi connectivity index (χ0v) is 24.5. The summed E-state index contributed by atoms with van der Waals surface area (Å²) in [5.41, 5.74) is 2.06. The maximum atomic E-state index is 14.9. The van der Waals surface area contributed by atoms with Gasteiger partial charge in [0.25, 0.3) is 0 Å². The van der Waals surface area contributed by atoms with E-state index in [0.29, 0.717) is 23.9 Å². The lowest BCUT2D eigenvalue weighted by Gasteiger charge is -2.16. The molecule has 10 heteroatoms. The van der Waals surface area contributed by atoms with Crippen LogP contribution in [0.25, 0.3) is 5.69 Å². The quantitative estimate of drug-likeness (QED) is 0.226. The van der Waals surface area contributed by atoms with Crippen LogP contribution in [-0.4, -0.2) is 51.9 Å². The van der Waals surface area contributed by atoms with Crippen LogP contribution < -0.4 is 20.1 Å². The number of halogens is 1. The molecule has 2 aromatic heterocycles. The van der Waals surface area contributed by atoms with Gasteiger partial charge in [-0.05, 0) is 63.2 Å². The Morgan fingerprint density at radius 1 is 0.976 bits per heavy atom. The van der Waals surface area contributed by atoms with Crippen molar-refractivity contribution in [3.8, 4) is 22.9 Å². The average molecular weight is 573 g/mol. The lowest BCUT2D eigenvalue weighted by Crippen LogP contribution is -2.25. The summed E-state index contributed by atoms with van der Waals surface area (Å²) in [6, 6.07) is 16.5. The van der Waals surface area contributed by atoms with Crippen LogP contribution in [0.5, 0.6) is 17.2 Å². The maximum absolute atomic E-state index is 14.9. The van der Waals surface area contributed by atoms with Crippen LogP contribution >= 0.6 is 0 Å². The number of aromatic nitrogens is 3. The first-order valence-corrected chi connectivity index (χ1v) is 14.2. The van der Waals surface area contributed by atoms with Gasteiger partial charge in [0.2, 0.25) is 0 Å². The monoisotopic (exact) mass is 572 g/mol. The van der Waals surface area contributed by atoms with Gasteiger partial charge < -0.3 is 14.8 Å². The molecule has 2 aromatic carbocycles. The van der Waals surface area contributed by atoms with Gasteiger partial charge in [0.05, 0.1) is 17.1 Å². The second kappa shape index (κ2) is 12.6. The Labute approximate surface area is 245 Å². The summed E-state index contributed by atoms with van der Waals surface area (Å²) in [4.78, 5) is 19.6. The molecule has 3 heterocycles. The Hall–Kier alpha value is -4.44. The molecule has 0 spiro atoms. The molecule has 4 aromatic rings. The van der Waals surface area contributed by atoms with Crippen molar-refractivity contribution in [3.63, 3.8) is 0 Å². The Bertz CT molecular complexity index is 1540. The fraction of sp³-hybridized carbons (Fsp3) is 0.344. The van der Waals surface area contributed by atoms with Crippen LogP contribution in [0, 0.1) is 12.7 Å².